The van der Waals surface area contributed by atoms with E-state index in [0.29, 0.717) is 6.42 Å². The van der Waals surface area contributed by atoms with Crippen molar-refractivity contribution in [3.63, 3.8) is 0 Å². The molecule has 16 heavy (non-hydrogen) atoms. The standard InChI is InChI=1S/C12H19NO3/c1-4-5-6-7-11(14)13-10(12(15)16)8-9(2)3/h4-7,9-10H,8H2,1-3H3,(H,13,14)(H,15,16)/b5-4+,7-6+. The van der Waals surface area contributed by atoms with E-state index >= 15 is 0 Å². The largest absolute Gasteiger partial charge is 0.480 e. The lowest BCUT2D eigenvalue weighted by atomic mass is 10.0. The number of hydrogen-bond donors (Lipinski definition) is 2. The topological polar surface area (TPSA) is 66.4 Å². The highest BCUT2D eigenvalue weighted by Crippen LogP contribution is 2.04. The van der Waals surface area contributed by atoms with Gasteiger partial charge in [0.15, 0.2) is 0 Å². The molecule has 4 heteroatoms. The first-order valence-corrected chi connectivity index (χ1v) is 5.30. The van der Waals surface area contributed by atoms with Crippen LogP contribution in [-0.2, 0) is 9.59 Å². The molecule has 0 fully saturated rings. The second kappa shape index (κ2) is 7.68. The van der Waals surface area contributed by atoms with Crippen molar-refractivity contribution in [1.29, 1.82) is 0 Å². The molecule has 1 unspecified atom stereocenters. The molecule has 0 aliphatic carbocycles. The molecule has 0 heterocycles. The zero-order valence-corrected chi connectivity index (χ0v) is 9.93. The number of amides is 1. The van der Waals surface area contributed by atoms with Gasteiger partial charge in [0.05, 0.1) is 0 Å². The van der Waals surface area contributed by atoms with Gasteiger partial charge in [-0.05, 0) is 19.3 Å². The first-order chi connectivity index (χ1) is 7.47. The summed E-state index contributed by atoms with van der Waals surface area (Å²) in [6.07, 6.45) is 6.81. The summed E-state index contributed by atoms with van der Waals surface area (Å²) in [5.74, 6) is -1.16. The molecule has 0 rings (SSSR count). The van der Waals surface area contributed by atoms with Gasteiger partial charge in [-0.2, -0.15) is 0 Å². The highest BCUT2D eigenvalue weighted by atomic mass is 16.4. The van der Waals surface area contributed by atoms with Crippen molar-refractivity contribution in [1.82, 2.24) is 5.32 Å². The zero-order chi connectivity index (χ0) is 12.6. The minimum atomic E-state index is -0.999. The van der Waals surface area contributed by atoms with Crippen LogP contribution in [0.3, 0.4) is 0 Å². The number of carbonyl (C=O) groups excluding carboxylic acids is 1. The van der Waals surface area contributed by atoms with E-state index in [4.69, 9.17) is 5.11 Å². The lowest BCUT2D eigenvalue weighted by Crippen LogP contribution is -2.40. The first-order valence-electron chi connectivity index (χ1n) is 5.30. The Hall–Kier alpha value is -1.58. The summed E-state index contributed by atoms with van der Waals surface area (Å²) in [4.78, 5) is 22.2. The van der Waals surface area contributed by atoms with Crippen molar-refractivity contribution >= 4 is 11.9 Å². The molecule has 90 valence electrons. The van der Waals surface area contributed by atoms with Crippen LogP contribution in [0.5, 0.6) is 0 Å². The molecule has 1 amide bonds. The predicted octanol–water partition coefficient (Wildman–Crippen LogP) is 1.73. The molecular formula is C12H19NO3. The minimum absolute atomic E-state index is 0.223. The van der Waals surface area contributed by atoms with Crippen LogP contribution in [-0.4, -0.2) is 23.0 Å². The number of nitrogens with one attached hydrogen (secondary N) is 1. The number of carboxylic acid groups (broad SMARTS) is 1. The Morgan fingerprint density at radius 1 is 1.31 bits per heavy atom. The summed E-state index contributed by atoms with van der Waals surface area (Å²) in [5.41, 5.74) is 0. The number of carbonyl (C=O) groups is 2. The van der Waals surface area contributed by atoms with Crippen molar-refractivity contribution in [3.05, 3.63) is 24.3 Å². The second-order valence-corrected chi connectivity index (χ2v) is 3.91. The molecule has 0 aliphatic heterocycles. The molecular weight excluding hydrogens is 206 g/mol. The maximum Gasteiger partial charge on any atom is 0.326 e. The normalized spacial score (nSPS) is 13.5. The summed E-state index contributed by atoms with van der Waals surface area (Å²) in [6, 6.07) is -0.817. The second-order valence-electron chi connectivity index (χ2n) is 3.91. The van der Waals surface area contributed by atoms with E-state index < -0.39 is 12.0 Å². The predicted molar refractivity (Wildman–Crippen MR) is 63.0 cm³/mol. The number of aliphatic carboxylic acids is 1. The van der Waals surface area contributed by atoms with Crippen molar-refractivity contribution in [2.24, 2.45) is 5.92 Å². The average Bonchev–Trinajstić information content (AvgIpc) is 2.16. The van der Waals surface area contributed by atoms with Crippen LogP contribution >= 0.6 is 0 Å². The summed E-state index contributed by atoms with van der Waals surface area (Å²) in [6.45, 7) is 5.66. The van der Waals surface area contributed by atoms with Crippen LogP contribution in [0, 0.1) is 5.92 Å². The van der Waals surface area contributed by atoms with Gasteiger partial charge in [0.2, 0.25) is 5.91 Å². The third-order valence-electron chi connectivity index (χ3n) is 1.87. The number of carboxylic acids is 1. The van der Waals surface area contributed by atoms with Gasteiger partial charge >= 0.3 is 5.97 Å². The summed E-state index contributed by atoms with van der Waals surface area (Å²) in [7, 11) is 0. The van der Waals surface area contributed by atoms with E-state index in [2.05, 4.69) is 5.32 Å². The van der Waals surface area contributed by atoms with Gasteiger partial charge in [0, 0.05) is 6.08 Å². The van der Waals surface area contributed by atoms with Gasteiger partial charge < -0.3 is 10.4 Å². The molecule has 0 aromatic heterocycles. The number of allylic oxidation sites excluding steroid dienone is 3. The van der Waals surface area contributed by atoms with Gasteiger partial charge in [-0.1, -0.05) is 32.1 Å². The van der Waals surface area contributed by atoms with Crippen LogP contribution in [0.2, 0.25) is 0 Å². The van der Waals surface area contributed by atoms with E-state index in [1.807, 2.05) is 20.8 Å². The minimum Gasteiger partial charge on any atom is -0.480 e. The molecule has 1 atom stereocenters. The Morgan fingerprint density at radius 3 is 2.38 bits per heavy atom. The van der Waals surface area contributed by atoms with E-state index in [1.165, 1.54) is 6.08 Å². The molecule has 0 saturated heterocycles. The van der Waals surface area contributed by atoms with Crippen molar-refractivity contribution < 1.29 is 14.7 Å². The van der Waals surface area contributed by atoms with Crippen molar-refractivity contribution in [3.8, 4) is 0 Å². The van der Waals surface area contributed by atoms with Crippen LogP contribution in [0.4, 0.5) is 0 Å². The molecule has 0 aromatic rings. The van der Waals surface area contributed by atoms with E-state index in [9.17, 15) is 9.59 Å². The fraction of sp³-hybridized carbons (Fsp3) is 0.500. The Morgan fingerprint density at radius 2 is 1.94 bits per heavy atom. The molecule has 0 radical (unpaired) electrons. The molecule has 2 N–H and O–H groups in total. The zero-order valence-electron chi connectivity index (χ0n) is 9.93. The van der Waals surface area contributed by atoms with Crippen LogP contribution in [0.15, 0.2) is 24.3 Å². The lowest BCUT2D eigenvalue weighted by molar-refractivity contribution is -0.141. The number of rotatable bonds is 6. The van der Waals surface area contributed by atoms with Gasteiger partial charge in [-0.15, -0.1) is 0 Å². The Bertz CT molecular complexity index is 293. The third-order valence-corrected chi connectivity index (χ3v) is 1.87. The quantitative estimate of drug-likeness (QED) is 0.534. The molecule has 0 aliphatic rings. The van der Waals surface area contributed by atoms with Gasteiger partial charge in [0.1, 0.15) is 6.04 Å². The van der Waals surface area contributed by atoms with Crippen LogP contribution < -0.4 is 5.32 Å². The van der Waals surface area contributed by atoms with E-state index in [-0.39, 0.29) is 11.8 Å². The Balaban J connectivity index is 4.29. The van der Waals surface area contributed by atoms with Crippen LogP contribution in [0.25, 0.3) is 0 Å². The highest BCUT2D eigenvalue weighted by Gasteiger charge is 2.19. The Kier molecular flexibility index (Phi) is 6.92. The van der Waals surface area contributed by atoms with Crippen LogP contribution in [0.1, 0.15) is 27.2 Å². The van der Waals surface area contributed by atoms with Gasteiger partial charge in [-0.3, -0.25) is 4.79 Å². The molecule has 0 aromatic carbocycles. The van der Waals surface area contributed by atoms with Crippen molar-refractivity contribution in [2.75, 3.05) is 0 Å². The number of hydrogen-bond acceptors (Lipinski definition) is 2. The highest BCUT2D eigenvalue weighted by molar-refractivity contribution is 5.91. The third kappa shape index (κ3) is 6.81. The molecule has 4 nitrogen and oxygen atoms in total. The molecule has 0 saturated carbocycles. The smallest absolute Gasteiger partial charge is 0.326 e. The molecule has 0 spiro atoms. The molecule has 0 bridgehead atoms. The fourth-order valence-electron chi connectivity index (χ4n) is 1.17. The van der Waals surface area contributed by atoms with Gasteiger partial charge in [0.25, 0.3) is 0 Å². The van der Waals surface area contributed by atoms with Gasteiger partial charge in [-0.25, -0.2) is 4.79 Å². The lowest BCUT2D eigenvalue weighted by Gasteiger charge is -2.15. The van der Waals surface area contributed by atoms with Crippen molar-refractivity contribution in [2.45, 2.75) is 33.2 Å². The summed E-state index contributed by atoms with van der Waals surface area (Å²) < 4.78 is 0. The Labute approximate surface area is 96.0 Å². The monoisotopic (exact) mass is 225 g/mol. The fourth-order valence-corrected chi connectivity index (χ4v) is 1.17. The van der Waals surface area contributed by atoms with E-state index in [1.54, 1.807) is 18.2 Å². The summed E-state index contributed by atoms with van der Waals surface area (Å²) in [5, 5.41) is 11.3. The first kappa shape index (κ1) is 14.4. The maximum atomic E-state index is 11.3. The van der Waals surface area contributed by atoms with E-state index in [0.717, 1.165) is 0 Å². The summed E-state index contributed by atoms with van der Waals surface area (Å²) >= 11 is 0. The average molecular weight is 225 g/mol. The SMILES string of the molecule is C/C=C/C=C/C(=O)NC(CC(C)C)C(=O)O. The maximum absolute atomic E-state index is 11.3.